The van der Waals surface area contributed by atoms with Gasteiger partial charge >= 0.3 is 0 Å². The van der Waals surface area contributed by atoms with Crippen LogP contribution in [0, 0.1) is 0 Å². The van der Waals surface area contributed by atoms with Gasteiger partial charge in [-0.1, -0.05) is 30.3 Å². The second-order valence-electron chi connectivity index (χ2n) is 4.33. The SMILES string of the molecule is CN(CCOCc1ccccc1)C(=O)CNC(=O)CN. The summed E-state index contributed by atoms with van der Waals surface area (Å²) in [4.78, 5) is 24.1. The molecule has 0 fully saturated rings. The van der Waals surface area contributed by atoms with Crippen molar-refractivity contribution in [1.82, 2.24) is 10.2 Å². The fourth-order valence-corrected chi connectivity index (χ4v) is 1.47. The molecule has 0 radical (unpaired) electrons. The molecular formula is C14H21N3O3. The van der Waals surface area contributed by atoms with Crippen molar-refractivity contribution in [2.24, 2.45) is 5.73 Å². The number of hydrogen-bond donors (Lipinski definition) is 2. The van der Waals surface area contributed by atoms with Crippen molar-refractivity contribution in [3.8, 4) is 0 Å². The highest BCUT2D eigenvalue weighted by Crippen LogP contribution is 2.00. The van der Waals surface area contributed by atoms with Crippen LogP contribution in [0.3, 0.4) is 0 Å². The largest absolute Gasteiger partial charge is 0.375 e. The van der Waals surface area contributed by atoms with Gasteiger partial charge in [0.25, 0.3) is 0 Å². The van der Waals surface area contributed by atoms with Crippen molar-refractivity contribution >= 4 is 11.8 Å². The maximum atomic E-state index is 11.6. The Bertz CT molecular complexity index is 423. The number of amides is 2. The average Bonchev–Trinajstić information content (AvgIpc) is 2.49. The highest BCUT2D eigenvalue weighted by Gasteiger charge is 2.09. The van der Waals surface area contributed by atoms with E-state index in [0.29, 0.717) is 19.8 Å². The van der Waals surface area contributed by atoms with Gasteiger partial charge in [0.2, 0.25) is 11.8 Å². The lowest BCUT2D eigenvalue weighted by Gasteiger charge is -2.17. The maximum absolute atomic E-state index is 11.6. The molecule has 0 saturated heterocycles. The molecule has 0 saturated carbocycles. The lowest BCUT2D eigenvalue weighted by Crippen LogP contribution is -2.41. The Balaban J connectivity index is 2.14. The van der Waals surface area contributed by atoms with Gasteiger partial charge in [0.1, 0.15) is 0 Å². The first kappa shape index (κ1) is 16.1. The van der Waals surface area contributed by atoms with Crippen molar-refractivity contribution in [1.29, 1.82) is 0 Å². The maximum Gasteiger partial charge on any atom is 0.241 e. The zero-order valence-corrected chi connectivity index (χ0v) is 11.7. The first-order valence-electron chi connectivity index (χ1n) is 6.46. The molecule has 3 N–H and O–H groups in total. The molecule has 0 aliphatic rings. The van der Waals surface area contributed by atoms with Crippen LogP contribution in [0.2, 0.25) is 0 Å². The fourth-order valence-electron chi connectivity index (χ4n) is 1.47. The fraction of sp³-hybridized carbons (Fsp3) is 0.429. The molecule has 0 bridgehead atoms. The van der Waals surface area contributed by atoms with Gasteiger partial charge in [0.05, 0.1) is 26.3 Å². The smallest absolute Gasteiger partial charge is 0.241 e. The number of ether oxygens (including phenoxy) is 1. The number of nitrogens with one attached hydrogen (secondary N) is 1. The van der Waals surface area contributed by atoms with Crippen LogP contribution in [0.5, 0.6) is 0 Å². The van der Waals surface area contributed by atoms with Gasteiger partial charge in [-0.25, -0.2) is 0 Å². The molecule has 2 amide bonds. The number of carbonyl (C=O) groups excluding carboxylic acids is 2. The summed E-state index contributed by atoms with van der Waals surface area (Å²) < 4.78 is 5.49. The van der Waals surface area contributed by atoms with Gasteiger partial charge in [0.15, 0.2) is 0 Å². The number of nitrogens with two attached hydrogens (primary N) is 1. The van der Waals surface area contributed by atoms with Gasteiger partial charge in [0, 0.05) is 13.6 Å². The van der Waals surface area contributed by atoms with E-state index in [-0.39, 0.29) is 24.9 Å². The van der Waals surface area contributed by atoms with Crippen LogP contribution in [0.4, 0.5) is 0 Å². The van der Waals surface area contributed by atoms with Crippen LogP contribution >= 0.6 is 0 Å². The number of carbonyl (C=O) groups is 2. The third kappa shape index (κ3) is 6.31. The summed E-state index contributed by atoms with van der Waals surface area (Å²) in [6, 6.07) is 9.82. The van der Waals surface area contributed by atoms with E-state index < -0.39 is 0 Å². The predicted octanol–water partition coefficient (Wildman–Crippen LogP) is -0.263. The van der Waals surface area contributed by atoms with E-state index in [1.54, 1.807) is 7.05 Å². The van der Waals surface area contributed by atoms with E-state index in [0.717, 1.165) is 5.56 Å². The molecule has 1 aromatic carbocycles. The molecule has 0 unspecified atom stereocenters. The van der Waals surface area contributed by atoms with Gasteiger partial charge in [-0.05, 0) is 5.56 Å². The Kier molecular flexibility index (Phi) is 7.31. The Hall–Kier alpha value is -1.92. The highest BCUT2D eigenvalue weighted by molar-refractivity contribution is 5.85. The molecule has 0 aromatic heterocycles. The molecule has 0 spiro atoms. The Morgan fingerprint density at radius 1 is 1.30 bits per heavy atom. The molecule has 0 aliphatic heterocycles. The van der Waals surface area contributed by atoms with Crippen LogP contribution in [0.25, 0.3) is 0 Å². The summed E-state index contributed by atoms with van der Waals surface area (Å²) in [7, 11) is 1.67. The van der Waals surface area contributed by atoms with Crippen molar-refractivity contribution in [3.63, 3.8) is 0 Å². The number of benzene rings is 1. The first-order valence-corrected chi connectivity index (χ1v) is 6.46. The average molecular weight is 279 g/mol. The predicted molar refractivity (Wildman–Crippen MR) is 75.8 cm³/mol. The highest BCUT2D eigenvalue weighted by atomic mass is 16.5. The van der Waals surface area contributed by atoms with E-state index in [1.165, 1.54) is 4.90 Å². The molecule has 0 atom stereocenters. The zero-order chi connectivity index (χ0) is 14.8. The first-order chi connectivity index (χ1) is 9.63. The summed E-state index contributed by atoms with van der Waals surface area (Å²) in [6.07, 6.45) is 0. The second kappa shape index (κ2) is 9.06. The van der Waals surface area contributed by atoms with Crippen LogP contribution in [0.1, 0.15) is 5.56 Å². The molecular weight excluding hydrogens is 258 g/mol. The third-order valence-corrected chi connectivity index (χ3v) is 2.73. The van der Waals surface area contributed by atoms with E-state index in [9.17, 15) is 9.59 Å². The van der Waals surface area contributed by atoms with Gasteiger partial charge in [-0.3, -0.25) is 9.59 Å². The lowest BCUT2D eigenvalue weighted by molar-refractivity contribution is -0.132. The minimum absolute atomic E-state index is 0.0365. The van der Waals surface area contributed by atoms with Gasteiger partial charge in [-0.15, -0.1) is 0 Å². The Labute approximate surface area is 118 Å². The minimum atomic E-state index is -0.341. The van der Waals surface area contributed by atoms with Crippen molar-refractivity contribution in [2.45, 2.75) is 6.61 Å². The molecule has 110 valence electrons. The van der Waals surface area contributed by atoms with Crippen LogP contribution < -0.4 is 11.1 Å². The minimum Gasteiger partial charge on any atom is -0.375 e. The third-order valence-electron chi connectivity index (χ3n) is 2.73. The molecule has 6 heteroatoms. The molecule has 0 aliphatic carbocycles. The van der Waals surface area contributed by atoms with Crippen LogP contribution in [0.15, 0.2) is 30.3 Å². The topological polar surface area (TPSA) is 84.7 Å². The van der Waals surface area contributed by atoms with Gasteiger partial charge < -0.3 is 20.7 Å². The molecule has 1 rings (SSSR count). The molecule has 20 heavy (non-hydrogen) atoms. The van der Waals surface area contributed by atoms with E-state index in [4.69, 9.17) is 10.5 Å². The Morgan fingerprint density at radius 2 is 2.00 bits per heavy atom. The van der Waals surface area contributed by atoms with E-state index in [2.05, 4.69) is 5.32 Å². The number of rotatable bonds is 8. The summed E-state index contributed by atoms with van der Waals surface area (Å²) in [5.74, 6) is -0.512. The number of likely N-dealkylation sites (N-methyl/N-ethyl adjacent to an activating group) is 1. The van der Waals surface area contributed by atoms with Crippen molar-refractivity contribution in [2.75, 3.05) is 33.3 Å². The lowest BCUT2D eigenvalue weighted by atomic mass is 10.2. The molecule has 6 nitrogen and oxygen atoms in total. The van der Waals surface area contributed by atoms with Crippen LogP contribution in [-0.4, -0.2) is 50.0 Å². The van der Waals surface area contributed by atoms with Crippen LogP contribution in [-0.2, 0) is 20.9 Å². The second-order valence-corrected chi connectivity index (χ2v) is 4.33. The van der Waals surface area contributed by atoms with Gasteiger partial charge in [-0.2, -0.15) is 0 Å². The normalized spacial score (nSPS) is 10.1. The standard InChI is InChI=1S/C14H21N3O3/c1-17(14(19)10-16-13(18)9-15)7-8-20-11-12-5-3-2-4-6-12/h2-6H,7-11,15H2,1H3,(H,16,18). The van der Waals surface area contributed by atoms with E-state index in [1.807, 2.05) is 30.3 Å². The summed E-state index contributed by atoms with van der Waals surface area (Å²) in [5.41, 5.74) is 6.23. The number of hydrogen-bond acceptors (Lipinski definition) is 4. The van der Waals surface area contributed by atoms with E-state index >= 15 is 0 Å². The Morgan fingerprint density at radius 3 is 2.65 bits per heavy atom. The zero-order valence-electron chi connectivity index (χ0n) is 11.7. The summed E-state index contributed by atoms with van der Waals surface area (Å²) >= 11 is 0. The number of nitrogens with zero attached hydrogens (tertiary/aromatic N) is 1. The quantitative estimate of drug-likeness (QED) is 0.642. The molecule has 0 heterocycles. The summed E-state index contributed by atoms with van der Waals surface area (Å²) in [6.45, 7) is 1.29. The van der Waals surface area contributed by atoms with Crippen molar-refractivity contribution in [3.05, 3.63) is 35.9 Å². The summed E-state index contributed by atoms with van der Waals surface area (Å²) in [5, 5.41) is 2.43. The van der Waals surface area contributed by atoms with Crippen molar-refractivity contribution < 1.29 is 14.3 Å². The monoisotopic (exact) mass is 279 g/mol. The molecule has 1 aromatic rings.